The number of pyridine rings is 1. The molecule has 7 heteroatoms. The Kier molecular flexibility index (Phi) is 4.64. The molecule has 16 heavy (non-hydrogen) atoms. The van der Waals surface area contributed by atoms with E-state index in [-0.39, 0.29) is 15.7 Å². The smallest absolute Gasteiger partial charge is 0.341 e. The summed E-state index contributed by atoms with van der Waals surface area (Å²) in [6, 6.07) is 2.20. The second-order valence-corrected chi connectivity index (χ2v) is 3.79. The van der Waals surface area contributed by atoms with E-state index in [1.807, 2.05) is 6.92 Å². The van der Waals surface area contributed by atoms with Crippen LogP contribution in [-0.2, 0) is 0 Å². The highest BCUT2D eigenvalue weighted by molar-refractivity contribution is 6.32. The van der Waals surface area contributed by atoms with Crippen molar-refractivity contribution in [2.24, 2.45) is 4.99 Å². The molecule has 0 aliphatic rings. The van der Waals surface area contributed by atoms with Crippen LogP contribution in [-0.4, -0.2) is 22.5 Å². The van der Waals surface area contributed by atoms with Gasteiger partial charge in [-0.1, -0.05) is 30.1 Å². The van der Waals surface area contributed by atoms with E-state index in [9.17, 15) is 10.0 Å². The number of carbonyl (C=O) groups excluding carboxylic acids is 1. The number of rotatable bonds is 2. The summed E-state index contributed by atoms with van der Waals surface area (Å²) in [6.07, 6.45) is 0.828. The van der Waals surface area contributed by atoms with Crippen LogP contribution >= 0.6 is 23.2 Å². The fourth-order valence-electron chi connectivity index (χ4n) is 0.963. The first-order valence-corrected chi connectivity index (χ1v) is 5.40. The van der Waals surface area contributed by atoms with Crippen molar-refractivity contribution in [3.8, 4) is 0 Å². The van der Waals surface area contributed by atoms with Crippen molar-refractivity contribution >= 4 is 29.2 Å². The maximum Gasteiger partial charge on any atom is 0.341 e. The summed E-state index contributed by atoms with van der Waals surface area (Å²) in [4.78, 5) is 15.0. The summed E-state index contributed by atoms with van der Waals surface area (Å²) in [5.74, 6) is 0. The van der Waals surface area contributed by atoms with E-state index in [1.165, 1.54) is 12.1 Å². The molecule has 88 valence electrons. The molecule has 0 aliphatic heterocycles. The van der Waals surface area contributed by atoms with Gasteiger partial charge in [0, 0.05) is 18.7 Å². The van der Waals surface area contributed by atoms with Gasteiger partial charge in [-0.05, 0) is 6.42 Å². The zero-order valence-electron chi connectivity index (χ0n) is 8.57. The maximum atomic E-state index is 11.2. The van der Waals surface area contributed by atoms with Crippen LogP contribution in [0.1, 0.15) is 13.3 Å². The van der Waals surface area contributed by atoms with Gasteiger partial charge in [-0.25, -0.2) is 4.79 Å². The van der Waals surface area contributed by atoms with Crippen LogP contribution in [0.2, 0.25) is 10.3 Å². The van der Waals surface area contributed by atoms with Crippen molar-refractivity contribution in [2.45, 2.75) is 13.3 Å². The Morgan fingerprint density at radius 2 is 2.06 bits per heavy atom. The lowest BCUT2D eigenvalue weighted by atomic mass is 10.4. The van der Waals surface area contributed by atoms with Gasteiger partial charge in [0.1, 0.15) is 10.3 Å². The van der Waals surface area contributed by atoms with Gasteiger partial charge in [0.15, 0.2) is 0 Å². The van der Waals surface area contributed by atoms with Crippen molar-refractivity contribution in [2.75, 3.05) is 6.54 Å². The van der Waals surface area contributed by atoms with Crippen LogP contribution in [0.25, 0.3) is 0 Å². The van der Waals surface area contributed by atoms with Crippen LogP contribution in [0.4, 0.5) is 4.79 Å². The van der Waals surface area contributed by atoms with Gasteiger partial charge in [-0.2, -0.15) is 9.72 Å². The lowest BCUT2D eigenvalue weighted by Gasteiger charge is -2.02. The highest BCUT2D eigenvalue weighted by Gasteiger charge is 2.02. The zero-order valence-corrected chi connectivity index (χ0v) is 10.1. The minimum absolute atomic E-state index is 0.0189. The van der Waals surface area contributed by atoms with Crippen LogP contribution in [0.3, 0.4) is 0 Å². The Bertz CT molecular complexity index is 430. The minimum Gasteiger partial charge on any atom is -0.426 e. The minimum atomic E-state index is -0.468. The lowest BCUT2D eigenvalue weighted by molar-refractivity contribution is 0.185. The molecule has 1 aromatic heterocycles. The van der Waals surface area contributed by atoms with Crippen molar-refractivity contribution in [1.29, 1.82) is 0 Å². The zero-order chi connectivity index (χ0) is 12.1. The molecule has 1 aromatic rings. The van der Waals surface area contributed by atoms with E-state index < -0.39 is 6.03 Å². The van der Waals surface area contributed by atoms with Gasteiger partial charge in [-0.15, -0.1) is 0 Å². The van der Waals surface area contributed by atoms with Crippen LogP contribution in [0.15, 0.2) is 17.1 Å². The Morgan fingerprint density at radius 3 is 2.56 bits per heavy atom. The fourth-order valence-corrected chi connectivity index (χ4v) is 1.41. The predicted octanol–water partition coefficient (Wildman–Crippen LogP) is 2.05. The number of hydrogen-bond donors (Lipinski definition) is 2. The third-order valence-corrected chi connectivity index (χ3v) is 2.23. The van der Waals surface area contributed by atoms with Crippen molar-refractivity contribution in [3.05, 3.63) is 27.8 Å². The molecule has 0 bridgehead atoms. The maximum absolute atomic E-state index is 11.2. The van der Waals surface area contributed by atoms with Crippen LogP contribution in [0.5, 0.6) is 0 Å². The number of hydrogen-bond acceptors (Lipinski definition) is 2. The number of aromatic nitrogens is 1. The van der Waals surface area contributed by atoms with Crippen LogP contribution in [0, 0.1) is 0 Å². The summed E-state index contributed by atoms with van der Waals surface area (Å²) in [7, 11) is 0. The number of amides is 2. The van der Waals surface area contributed by atoms with Gasteiger partial charge in [0.2, 0.25) is 0 Å². The normalized spacial score (nSPS) is 9.94. The number of carbonyl (C=O) groups is 1. The summed E-state index contributed by atoms with van der Waals surface area (Å²) in [5.41, 5.74) is 0. The molecule has 2 amide bonds. The van der Waals surface area contributed by atoms with E-state index >= 15 is 0 Å². The molecule has 5 nitrogen and oxygen atoms in total. The molecule has 0 fully saturated rings. The Hall–Kier alpha value is -1.20. The molecule has 1 rings (SSSR count). The molecule has 0 aliphatic carbocycles. The molecule has 0 atom stereocenters. The summed E-state index contributed by atoms with van der Waals surface area (Å²) in [6.45, 7) is 2.49. The molecular formula is C9H11Cl2N3O2. The molecular weight excluding hydrogens is 253 g/mol. The molecule has 0 unspecified atom stereocenters. The van der Waals surface area contributed by atoms with Crippen molar-refractivity contribution in [3.63, 3.8) is 0 Å². The lowest BCUT2D eigenvalue weighted by Crippen LogP contribution is -2.23. The quantitative estimate of drug-likeness (QED) is 0.634. The van der Waals surface area contributed by atoms with Gasteiger partial charge in [-0.3, -0.25) is 0 Å². The molecule has 0 saturated carbocycles. The van der Waals surface area contributed by atoms with Crippen LogP contribution < -0.4 is 10.7 Å². The fraction of sp³-hybridized carbons (Fsp3) is 0.333. The topological polar surface area (TPSA) is 66.6 Å². The van der Waals surface area contributed by atoms with Gasteiger partial charge in [0.05, 0.1) is 5.36 Å². The Labute approximate surface area is 102 Å². The van der Waals surface area contributed by atoms with Gasteiger partial charge >= 0.3 is 6.03 Å². The first-order chi connectivity index (χ1) is 7.54. The summed E-state index contributed by atoms with van der Waals surface area (Å²) >= 11 is 11.3. The molecule has 2 N–H and O–H groups in total. The molecule has 0 spiro atoms. The third kappa shape index (κ3) is 3.43. The monoisotopic (exact) mass is 263 g/mol. The number of urea groups is 1. The summed E-state index contributed by atoms with van der Waals surface area (Å²) < 4.78 is 0.589. The van der Waals surface area contributed by atoms with E-state index in [0.717, 1.165) is 6.42 Å². The second-order valence-electron chi connectivity index (χ2n) is 3.01. The molecule has 1 heterocycles. The largest absolute Gasteiger partial charge is 0.426 e. The van der Waals surface area contributed by atoms with E-state index in [1.54, 1.807) is 0 Å². The van der Waals surface area contributed by atoms with Gasteiger partial charge < -0.3 is 10.5 Å². The molecule has 0 saturated heterocycles. The summed E-state index contributed by atoms with van der Waals surface area (Å²) in [5, 5.41) is 12.0. The van der Waals surface area contributed by atoms with Gasteiger partial charge in [0.25, 0.3) is 0 Å². The average molecular weight is 264 g/mol. The SMILES string of the molecule is CCCNC(=O)N=c1cc(Cl)n(O)c(Cl)c1. The number of nitrogens with one attached hydrogen (secondary N) is 1. The standard InChI is InChI=1S/C9H11Cl2N3O2/c1-2-3-12-9(15)13-6-4-7(10)14(16)8(11)5-6/h4-5,16H,2-3H2,1H3,(H,12,15). The van der Waals surface area contributed by atoms with E-state index in [4.69, 9.17) is 23.2 Å². The molecule has 0 aromatic carbocycles. The van der Waals surface area contributed by atoms with Crippen molar-refractivity contribution < 1.29 is 10.0 Å². The van der Waals surface area contributed by atoms with E-state index in [0.29, 0.717) is 11.3 Å². The first-order valence-electron chi connectivity index (χ1n) is 4.64. The van der Waals surface area contributed by atoms with Crippen molar-refractivity contribution in [1.82, 2.24) is 10.0 Å². The Morgan fingerprint density at radius 1 is 1.50 bits per heavy atom. The third-order valence-electron chi connectivity index (χ3n) is 1.70. The highest BCUT2D eigenvalue weighted by atomic mass is 35.5. The second kappa shape index (κ2) is 5.77. The highest BCUT2D eigenvalue weighted by Crippen LogP contribution is 2.10. The first kappa shape index (κ1) is 12.9. The predicted molar refractivity (Wildman–Crippen MR) is 60.9 cm³/mol. The van der Waals surface area contributed by atoms with E-state index in [2.05, 4.69) is 10.3 Å². The molecule has 0 radical (unpaired) electrons. The number of halogens is 2. The Balaban J connectivity index is 2.96. The average Bonchev–Trinajstić information content (AvgIpc) is 2.23. The number of nitrogens with zero attached hydrogens (tertiary/aromatic N) is 2.